The molecule has 1 fully saturated rings. The third-order valence-corrected chi connectivity index (χ3v) is 4.51. The van der Waals surface area contributed by atoms with Crippen LogP contribution in [0.3, 0.4) is 0 Å². The van der Waals surface area contributed by atoms with Crippen LogP contribution in [0.25, 0.3) is 0 Å². The molecule has 0 amide bonds. The molecule has 0 bridgehead atoms. The summed E-state index contributed by atoms with van der Waals surface area (Å²) in [7, 11) is 1.72. The van der Waals surface area contributed by atoms with E-state index in [9.17, 15) is 0 Å². The number of hydrogen-bond acceptors (Lipinski definition) is 2. The van der Waals surface area contributed by atoms with E-state index in [1.807, 2.05) is 0 Å². The van der Waals surface area contributed by atoms with Crippen molar-refractivity contribution in [2.24, 2.45) is 11.7 Å². The number of benzene rings is 1. The Labute approximate surface area is 111 Å². The molecular formula is C16H25NO. The summed E-state index contributed by atoms with van der Waals surface area (Å²) < 4.78 is 5.38. The molecule has 2 atom stereocenters. The van der Waals surface area contributed by atoms with Crippen molar-refractivity contribution in [2.45, 2.75) is 52.0 Å². The summed E-state index contributed by atoms with van der Waals surface area (Å²) in [5.41, 5.74) is 10.3. The average Bonchev–Trinajstić information content (AvgIpc) is 2.74. The fraction of sp³-hybridized carbons (Fsp3) is 0.625. The first kappa shape index (κ1) is 13.4. The lowest BCUT2D eigenvalue weighted by atomic mass is 9.84. The summed E-state index contributed by atoms with van der Waals surface area (Å²) in [6.07, 6.45) is 4.73. The molecule has 1 aliphatic carbocycles. The second-order valence-corrected chi connectivity index (χ2v) is 5.81. The standard InChI is InChI=1S/C16H25NO/c1-5-13-6-7-16(17,10-13)14-8-12(3)15(18-4)9-11(14)2/h8-9,13H,5-7,10,17H2,1-4H3. The first-order chi connectivity index (χ1) is 8.50. The molecule has 1 aliphatic rings. The van der Waals surface area contributed by atoms with Crippen LogP contribution in [0.1, 0.15) is 49.3 Å². The molecule has 1 aromatic rings. The highest BCUT2D eigenvalue weighted by atomic mass is 16.5. The van der Waals surface area contributed by atoms with Crippen molar-refractivity contribution in [3.8, 4) is 5.75 Å². The largest absolute Gasteiger partial charge is 0.496 e. The fourth-order valence-electron chi connectivity index (χ4n) is 3.32. The van der Waals surface area contributed by atoms with Gasteiger partial charge >= 0.3 is 0 Å². The normalized spacial score (nSPS) is 27.5. The Morgan fingerprint density at radius 3 is 2.61 bits per heavy atom. The Morgan fingerprint density at radius 1 is 1.33 bits per heavy atom. The first-order valence-corrected chi connectivity index (χ1v) is 6.94. The quantitative estimate of drug-likeness (QED) is 0.884. The highest BCUT2D eigenvalue weighted by Gasteiger charge is 2.37. The van der Waals surface area contributed by atoms with Gasteiger partial charge in [0.25, 0.3) is 0 Å². The molecule has 2 nitrogen and oxygen atoms in total. The Kier molecular flexibility index (Phi) is 3.67. The molecule has 2 heteroatoms. The van der Waals surface area contributed by atoms with Crippen LogP contribution in [-0.2, 0) is 5.54 Å². The van der Waals surface area contributed by atoms with E-state index in [-0.39, 0.29) is 5.54 Å². The van der Waals surface area contributed by atoms with Crippen LogP contribution >= 0.6 is 0 Å². The molecule has 1 saturated carbocycles. The summed E-state index contributed by atoms with van der Waals surface area (Å²) in [6.45, 7) is 6.51. The van der Waals surface area contributed by atoms with Gasteiger partial charge in [0.05, 0.1) is 7.11 Å². The highest BCUT2D eigenvalue weighted by Crippen LogP contribution is 2.43. The molecule has 0 heterocycles. The van der Waals surface area contributed by atoms with Crippen LogP contribution in [0.5, 0.6) is 5.75 Å². The maximum atomic E-state index is 6.67. The van der Waals surface area contributed by atoms with Gasteiger partial charge in [-0.25, -0.2) is 0 Å². The Balaban J connectivity index is 2.37. The molecule has 0 spiro atoms. The zero-order valence-electron chi connectivity index (χ0n) is 12.0. The molecule has 0 radical (unpaired) electrons. The lowest BCUT2D eigenvalue weighted by molar-refractivity contribution is 0.405. The van der Waals surface area contributed by atoms with Gasteiger partial charge in [-0.3, -0.25) is 0 Å². The highest BCUT2D eigenvalue weighted by molar-refractivity contribution is 5.45. The van der Waals surface area contributed by atoms with Gasteiger partial charge in [-0.1, -0.05) is 19.4 Å². The lowest BCUT2D eigenvalue weighted by Crippen LogP contribution is -2.34. The number of hydrogen-bond donors (Lipinski definition) is 1. The molecule has 0 aliphatic heterocycles. The summed E-state index contributed by atoms with van der Waals surface area (Å²) in [4.78, 5) is 0. The zero-order chi connectivity index (χ0) is 13.3. The van der Waals surface area contributed by atoms with Crippen LogP contribution in [0.2, 0.25) is 0 Å². The van der Waals surface area contributed by atoms with Crippen molar-refractivity contribution in [1.29, 1.82) is 0 Å². The molecule has 100 valence electrons. The van der Waals surface area contributed by atoms with Crippen molar-refractivity contribution < 1.29 is 4.74 Å². The second kappa shape index (κ2) is 4.93. The smallest absolute Gasteiger partial charge is 0.122 e. The van der Waals surface area contributed by atoms with Crippen LogP contribution in [0.15, 0.2) is 12.1 Å². The van der Waals surface area contributed by atoms with E-state index in [0.717, 1.165) is 24.5 Å². The van der Waals surface area contributed by atoms with Gasteiger partial charge in [-0.2, -0.15) is 0 Å². The van der Waals surface area contributed by atoms with E-state index in [1.54, 1.807) is 7.11 Å². The molecule has 2 unspecified atom stereocenters. The number of ether oxygens (including phenoxy) is 1. The van der Waals surface area contributed by atoms with E-state index < -0.39 is 0 Å². The van der Waals surface area contributed by atoms with Gasteiger partial charge in [-0.15, -0.1) is 0 Å². The Hall–Kier alpha value is -1.02. The third-order valence-electron chi connectivity index (χ3n) is 4.51. The van der Waals surface area contributed by atoms with E-state index in [1.165, 1.54) is 29.5 Å². The van der Waals surface area contributed by atoms with Crippen LogP contribution < -0.4 is 10.5 Å². The van der Waals surface area contributed by atoms with Gasteiger partial charge in [0.2, 0.25) is 0 Å². The number of methoxy groups -OCH3 is 1. The summed E-state index contributed by atoms with van der Waals surface area (Å²) in [6, 6.07) is 4.35. The van der Waals surface area contributed by atoms with E-state index in [4.69, 9.17) is 10.5 Å². The van der Waals surface area contributed by atoms with Crippen molar-refractivity contribution in [2.75, 3.05) is 7.11 Å². The first-order valence-electron chi connectivity index (χ1n) is 6.94. The van der Waals surface area contributed by atoms with Crippen LogP contribution in [0, 0.1) is 19.8 Å². The molecule has 2 rings (SSSR count). The average molecular weight is 247 g/mol. The van der Waals surface area contributed by atoms with Gasteiger partial charge in [0.1, 0.15) is 5.75 Å². The summed E-state index contributed by atoms with van der Waals surface area (Å²) in [5, 5.41) is 0. The monoisotopic (exact) mass is 247 g/mol. The lowest BCUT2D eigenvalue weighted by Gasteiger charge is -2.28. The Morgan fingerprint density at radius 2 is 2.06 bits per heavy atom. The predicted octanol–water partition coefficient (Wildman–Crippen LogP) is 3.68. The minimum absolute atomic E-state index is 0.123. The van der Waals surface area contributed by atoms with Crippen molar-refractivity contribution in [3.05, 3.63) is 28.8 Å². The minimum Gasteiger partial charge on any atom is -0.496 e. The molecule has 1 aromatic carbocycles. The van der Waals surface area contributed by atoms with E-state index in [2.05, 4.69) is 32.9 Å². The predicted molar refractivity (Wildman–Crippen MR) is 76.0 cm³/mol. The van der Waals surface area contributed by atoms with Crippen LogP contribution in [0.4, 0.5) is 0 Å². The van der Waals surface area contributed by atoms with Crippen molar-refractivity contribution in [1.82, 2.24) is 0 Å². The number of rotatable bonds is 3. The molecule has 0 saturated heterocycles. The van der Waals surface area contributed by atoms with Gasteiger partial charge in [0, 0.05) is 5.54 Å². The zero-order valence-corrected chi connectivity index (χ0v) is 12.0. The summed E-state index contributed by atoms with van der Waals surface area (Å²) in [5.74, 6) is 1.75. The molecule has 18 heavy (non-hydrogen) atoms. The van der Waals surface area contributed by atoms with Gasteiger partial charge in [0.15, 0.2) is 0 Å². The van der Waals surface area contributed by atoms with Crippen LogP contribution in [-0.4, -0.2) is 7.11 Å². The van der Waals surface area contributed by atoms with E-state index in [0.29, 0.717) is 0 Å². The van der Waals surface area contributed by atoms with Gasteiger partial charge < -0.3 is 10.5 Å². The van der Waals surface area contributed by atoms with Gasteiger partial charge in [-0.05, 0) is 61.8 Å². The SMILES string of the molecule is CCC1CCC(N)(c2cc(C)c(OC)cc2C)C1. The third kappa shape index (κ3) is 2.26. The topological polar surface area (TPSA) is 35.2 Å². The van der Waals surface area contributed by atoms with Crippen molar-refractivity contribution in [3.63, 3.8) is 0 Å². The summed E-state index contributed by atoms with van der Waals surface area (Å²) >= 11 is 0. The second-order valence-electron chi connectivity index (χ2n) is 5.81. The Bertz CT molecular complexity index is 441. The number of aryl methyl sites for hydroxylation is 2. The maximum Gasteiger partial charge on any atom is 0.122 e. The number of nitrogens with two attached hydrogens (primary N) is 1. The van der Waals surface area contributed by atoms with E-state index >= 15 is 0 Å². The fourth-order valence-corrected chi connectivity index (χ4v) is 3.32. The van der Waals surface area contributed by atoms with Crippen molar-refractivity contribution >= 4 is 0 Å². The maximum absolute atomic E-state index is 6.67. The molecule has 2 N–H and O–H groups in total. The minimum atomic E-state index is -0.123. The molecular weight excluding hydrogens is 222 g/mol. The molecule has 0 aromatic heterocycles.